The molecule has 0 saturated carbocycles. The summed E-state index contributed by atoms with van der Waals surface area (Å²) in [5, 5.41) is 7.23. The SMILES string of the molecule is c1ccc(-c2ccc(-c3ccc(N(c4ccc(-c5ccc(-c6ccccc6)c6oc7ccccc7c56)cc4)c4ccc5c(ccc6ccccc65)c4)cc3)cc2)cc1. The Balaban J connectivity index is 1.01. The van der Waals surface area contributed by atoms with Crippen molar-refractivity contribution in [2.75, 3.05) is 4.90 Å². The number of fused-ring (bicyclic) bond motifs is 6. The molecule has 0 amide bonds. The number of hydrogen-bond acceptors (Lipinski definition) is 2. The first kappa shape index (κ1) is 33.6. The van der Waals surface area contributed by atoms with E-state index in [1.54, 1.807) is 0 Å². The van der Waals surface area contributed by atoms with Crippen LogP contribution in [-0.2, 0) is 0 Å². The Hall–Kier alpha value is -7.68. The highest BCUT2D eigenvalue weighted by Gasteiger charge is 2.19. The third-order valence-electron chi connectivity index (χ3n) is 11.5. The molecule has 272 valence electrons. The number of anilines is 3. The van der Waals surface area contributed by atoms with Crippen LogP contribution in [0.5, 0.6) is 0 Å². The minimum atomic E-state index is 0.893. The summed E-state index contributed by atoms with van der Waals surface area (Å²) in [5.41, 5.74) is 14.4. The van der Waals surface area contributed by atoms with E-state index in [4.69, 9.17) is 4.42 Å². The quantitative estimate of drug-likeness (QED) is 0.151. The van der Waals surface area contributed by atoms with Crippen molar-refractivity contribution in [2.45, 2.75) is 0 Å². The molecular formula is C56H37NO. The molecule has 11 aromatic rings. The molecule has 0 fully saturated rings. The zero-order chi connectivity index (χ0) is 38.4. The van der Waals surface area contributed by atoms with Crippen LogP contribution in [0.4, 0.5) is 17.1 Å². The lowest BCUT2D eigenvalue weighted by molar-refractivity contribution is 0.670. The van der Waals surface area contributed by atoms with Gasteiger partial charge in [0.1, 0.15) is 11.2 Å². The predicted octanol–water partition coefficient (Wildman–Crippen LogP) is 16.0. The van der Waals surface area contributed by atoms with Crippen molar-refractivity contribution in [3.8, 4) is 44.5 Å². The predicted molar refractivity (Wildman–Crippen MR) is 245 cm³/mol. The van der Waals surface area contributed by atoms with Crippen molar-refractivity contribution in [3.05, 3.63) is 224 Å². The summed E-state index contributed by atoms with van der Waals surface area (Å²) in [6.45, 7) is 0. The standard InChI is InChI=1S/C56H37NO/c1-3-11-38(12-4-1)39-19-21-40(22-20-39)41-25-29-46(30-26-41)57(48-33-34-50-45(37-48)24-23-43-15-7-8-16-49(43)50)47-31-27-44(28-32-47)51-35-36-52(42-13-5-2-6-14-42)56-55(51)53-17-9-10-18-54(53)58-56/h1-37H. The van der Waals surface area contributed by atoms with Crippen LogP contribution in [0.1, 0.15) is 0 Å². The highest BCUT2D eigenvalue weighted by atomic mass is 16.3. The molecule has 1 heterocycles. The fraction of sp³-hybridized carbons (Fsp3) is 0. The van der Waals surface area contributed by atoms with Gasteiger partial charge in [0.15, 0.2) is 0 Å². The average molecular weight is 740 g/mol. The van der Waals surface area contributed by atoms with Gasteiger partial charge in [-0.25, -0.2) is 0 Å². The number of rotatable bonds is 7. The van der Waals surface area contributed by atoms with E-state index in [2.05, 4.69) is 223 Å². The Morgan fingerprint density at radius 3 is 1.45 bits per heavy atom. The van der Waals surface area contributed by atoms with Crippen LogP contribution in [0.3, 0.4) is 0 Å². The Morgan fingerprint density at radius 2 is 0.759 bits per heavy atom. The molecular weight excluding hydrogens is 703 g/mol. The lowest BCUT2D eigenvalue weighted by atomic mass is 9.94. The molecule has 58 heavy (non-hydrogen) atoms. The van der Waals surface area contributed by atoms with Gasteiger partial charge in [0.25, 0.3) is 0 Å². The summed E-state index contributed by atoms with van der Waals surface area (Å²) in [6, 6.07) is 80.6. The molecule has 0 atom stereocenters. The minimum Gasteiger partial charge on any atom is -0.455 e. The second-order valence-electron chi connectivity index (χ2n) is 14.9. The Kier molecular flexibility index (Phi) is 8.19. The molecule has 10 aromatic carbocycles. The lowest BCUT2D eigenvalue weighted by Crippen LogP contribution is -2.09. The maximum Gasteiger partial charge on any atom is 0.143 e. The smallest absolute Gasteiger partial charge is 0.143 e. The first-order valence-corrected chi connectivity index (χ1v) is 19.8. The maximum absolute atomic E-state index is 6.60. The number of furan rings is 1. The first-order chi connectivity index (χ1) is 28.7. The van der Waals surface area contributed by atoms with Gasteiger partial charge in [0, 0.05) is 33.4 Å². The summed E-state index contributed by atoms with van der Waals surface area (Å²) >= 11 is 0. The van der Waals surface area contributed by atoms with Gasteiger partial charge in [-0.2, -0.15) is 0 Å². The van der Waals surface area contributed by atoms with Crippen molar-refractivity contribution < 1.29 is 4.42 Å². The first-order valence-electron chi connectivity index (χ1n) is 19.8. The average Bonchev–Trinajstić information content (AvgIpc) is 3.70. The molecule has 1 aromatic heterocycles. The molecule has 0 aliphatic carbocycles. The summed E-state index contributed by atoms with van der Waals surface area (Å²) in [7, 11) is 0. The van der Waals surface area contributed by atoms with Crippen LogP contribution >= 0.6 is 0 Å². The van der Waals surface area contributed by atoms with E-state index < -0.39 is 0 Å². The van der Waals surface area contributed by atoms with Gasteiger partial charge in [-0.15, -0.1) is 0 Å². The highest BCUT2D eigenvalue weighted by molar-refractivity contribution is 6.16. The zero-order valence-corrected chi connectivity index (χ0v) is 31.7. The van der Waals surface area contributed by atoms with Crippen molar-refractivity contribution in [1.29, 1.82) is 0 Å². The molecule has 0 aliphatic heterocycles. The zero-order valence-electron chi connectivity index (χ0n) is 31.7. The largest absolute Gasteiger partial charge is 0.455 e. The molecule has 11 rings (SSSR count). The minimum absolute atomic E-state index is 0.893. The van der Waals surface area contributed by atoms with E-state index >= 15 is 0 Å². The molecule has 0 aliphatic rings. The van der Waals surface area contributed by atoms with Crippen LogP contribution in [0.25, 0.3) is 88.0 Å². The van der Waals surface area contributed by atoms with Crippen molar-refractivity contribution in [2.24, 2.45) is 0 Å². The van der Waals surface area contributed by atoms with E-state index in [0.717, 1.165) is 61.3 Å². The monoisotopic (exact) mass is 739 g/mol. The van der Waals surface area contributed by atoms with E-state index in [9.17, 15) is 0 Å². The van der Waals surface area contributed by atoms with Gasteiger partial charge in [-0.05, 0) is 109 Å². The Morgan fingerprint density at radius 1 is 0.293 bits per heavy atom. The van der Waals surface area contributed by atoms with Gasteiger partial charge in [-0.1, -0.05) is 176 Å². The third-order valence-corrected chi connectivity index (χ3v) is 11.5. The lowest BCUT2D eigenvalue weighted by Gasteiger charge is -2.26. The molecule has 0 N–H and O–H groups in total. The van der Waals surface area contributed by atoms with E-state index in [0.29, 0.717) is 0 Å². The third kappa shape index (κ3) is 5.91. The van der Waals surface area contributed by atoms with Gasteiger partial charge in [0.2, 0.25) is 0 Å². The van der Waals surface area contributed by atoms with Crippen LogP contribution in [-0.4, -0.2) is 0 Å². The molecule has 0 unspecified atom stereocenters. The second-order valence-corrected chi connectivity index (χ2v) is 14.9. The number of benzene rings is 10. The second kappa shape index (κ2) is 14.1. The fourth-order valence-corrected chi connectivity index (χ4v) is 8.58. The van der Waals surface area contributed by atoms with Crippen LogP contribution in [0, 0.1) is 0 Å². The fourth-order valence-electron chi connectivity index (χ4n) is 8.58. The summed E-state index contributed by atoms with van der Waals surface area (Å²) < 4.78 is 6.60. The number of nitrogens with zero attached hydrogens (tertiary/aromatic N) is 1. The summed E-state index contributed by atoms with van der Waals surface area (Å²) in [6.07, 6.45) is 0. The van der Waals surface area contributed by atoms with Gasteiger partial charge >= 0.3 is 0 Å². The number of hydrogen-bond donors (Lipinski definition) is 0. The van der Waals surface area contributed by atoms with Crippen LogP contribution < -0.4 is 4.90 Å². The molecule has 0 saturated heterocycles. The van der Waals surface area contributed by atoms with Gasteiger partial charge in [0.05, 0.1) is 0 Å². The number of para-hydroxylation sites is 1. The highest BCUT2D eigenvalue weighted by Crippen LogP contribution is 2.43. The van der Waals surface area contributed by atoms with Crippen molar-refractivity contribution in [3.63, 3.8) is 0 Å². The molecule has 0 bridgehead atoms. The Labute approximate surface area is 337 Å². The molecule has 0 spiro atoms. The summed E-state index contributed by atoms with van der Waals surface area (Å²) in [5.74, 6) is 0. The molecule has 0 radical (unpaired) electrons. The van der Waals surface area contributed by atoms with Gasteiger partial charge in [-0.3, -0.25) is 0 Å². The van der Waals surface area contributed by atoms with Crippen LogP contribution in [0.15, 0.2) is 229 Å². The van der Waals surface area contributed by atoms with E-state index in [1.165, 1.54) is 43.8 Å². The normalized spacial score (nSPS) is 11.4. The van der Waals surface area contributed by atoms with E-state index in [1.807, 2.05) is 6.07 Å². The van der Waals surface area contributed by atoms with Gasteiger partial charge < -0.3 is 9.32 Å². The van der Waals surface area contributed by atoms with Crippen molar-refractivity contribution in [1.82, 2.24) is 0 Å². The molecule has 2 heteroatoms. The van der Waals surface area contributed by atoms with Crippen LogP contribution in [0.2, 0.25) is 0 Å². The maximum atomic E-state index is 6.60. The summed E-state index contributed by atoms with van der Waals surface area (Å²) in [4.78, 5) is 2.36. The van der Waals surface area contributed by atoms with Crippen molar-refractivity contribution >= 4 is 60.5 Å². The Bertz CT molecular complexity index is 3240. The van der Waals surface area contributed by atoms with E-state index in [-0.39, 0.29) is 0 Å². The topological polar surface area (TPSA) is 16.4 Å². The molecule has 2 nitrogen and oxygen atoms in total.